The van der Waals surface area contributed by atoms with E-state index in [-0.39, 0.29) is 0 Å². The van der Waals surface area contributed by atoms with Crippen LogP contribution in [0.3, 0.4) is 0 Å². The van der Waals surface area contributed by atoms with Gasteiger partial charge >= 0.3 is 0 Å². The molecule has 0 bridgehead atoms. The van der Waals surface area contributed by atoms with Gasteiger partial charge in [0.15, 0.2) is 0 Å². The zero-order chi connectivity index (χ0) is 14.4. The van der Waals surface area contributed by atoms with E-state index in [1.807, 2.05) is 11.8 Å². The first kappa shape index (κ1) is 15.6. The summed E-state index contributed by atoms with van der Waals surface area (Å²) in [6.45, 7) is 7.71. The third-order valence-electron chi connectivity index (χ3n) is 3.84. The number of anilines is 1. The number of hydrogen-bond acceptors (Lipinski definition) is 4. The Morgan fingerprint density at radius 1 is 1.20 bits per heavy atom. The van der Waals surface area contributed by atoms with Gasteiger partial charge in [0.05, 0.1) is 5.75 Å². The number of thioether (sulfide) groups is 1. The second-order valence-corrected chi connectivity index (χ2v) is 7.00. The molecule has 1 N–H and O–H groups in total. The van der Waals surface area contributed by atoms with Crippen LogP contribution in [0.15, 0.2) is 0 Å². The lowest BCUT2D eigenvalue weighted by molar-refractivity contribution is 0.658. The molecule has 0 radical (unpaired) electrons. The number of hydrogen-bond donors (Lipinski definition) is 1. The van der Waals surface area contributed by atoms with E-state index in [1.165, 1.54) is 30.5 Å². The molecule has 0 aliphatic heterocycles. The number of aromatic nitrogens is 2. The number of nitrogens with zero attached hydrogens (tertiary/aromatic N) is 2. The van der Waals surface area contributed by atoms with Crippen LogP contribution in [0.1, 0.15) is 63.5 Å². The molecule has 0 amide bonds. The van der Waals surface area contributed by atoms with E-state index in [1.54, 1.807) is 0 Å². The maximum absolute atomic E-state index is 4.82. The van der Waals surface area contributed by atoms with Crippen LogP contribution in [-0.2, 0) is 18.6 Å². The fourth-order valence-electron chi connectivity index (χ4n) is 2.43. The number of rotatable bonds is 7. The second kappa shape index (κ2) is 7.87. The Labute approximate surface area is 127 Å². The maximum Gasteiger partial charge on any atom is 0.140 e. The third kappa shape index (κ3) is 4.11. The maximum atomic E-state index is 4.82. The Morgan fingerprint density at radius 3 is 2.75 bits per heavy atom. The molecule has 1 aliphatic carbocycles. The van der Waals surface area contributed by atoms with Gasteiger partial charge in [0.25, 0.3) is 0 Å². The van der Waals surface area contributed by atoms with Crippen molar-refractivity contribution >= 4 is 17.6 Å². The molecule has 0 saturated heterocycles. The van der Waals surface area contributed by atoms with Gasteiger partial charge in [-0.3, -0.25) is 0 Å². The summed E-state index contributed by atoms with van der Waals surface area (Å²) in [4.78, 5) is 9.60. The van der Waals surface area contributed by atoms with Crippen molar-refractivity contribution in [3.63, 3.8) is 0 Å². The van der Waals surface area contributed by atoms with Gasteiger partial charge in [0.2, 0.25) is 0 Å². The summed E-state index contributed by atoms with van der Waals surface area (Å²) in [6.07, 6.45) is 7.15. The lowest BCUT2D eigenvalue weighted by atomic mass is 9.96. The largest absolute Gasteiger partial charge is 0.370 e. The van der Waals surface area contributed by atoms with Crippen LogP contribution in [0.5, 0.6) is 0 Å². The van der Waals surface area contributed by atoms with Crippen molar-refractivity contribution in [1.82, 2.24) is 9.97 Å². The average molecular weight is 293 g/mol. The van der Waals surface area contributed by atoms with Gasteiger partial charge < -0.3 is 5.32 Å². The van der Waals surface area contributed by atoms with E-state index < -0.39 is 0 Å². The van der Waals surface area contributed by atoms with Crippen LogP contribution < -0.4 is 5.32 Å². The molecule has 0 spiro atoms. The molecule has 0 saturated carbocycles. The van der Waals surface area contributed by atoms with Gasteiger partial charge in [0, 0.05) is 23.1 Å². The highest BCUT2D eigenvalue weighted by atomic mass is 32.2. The normalized spacial score (nSPS) is 15.8. The van der Waals surface area contributed by atoms with Crippen LogP contribution in [-0.4, -0.2) is 21.8 Å². The lowest BCUT2D eigenvalue weighted by Crippen LogP contribution is -2.15. The Kier molecular flexibility index (Phi) is 6.14. The van der Waals surface area contributed by atoms with Crippen molar-refractivity contribution in [3.05, 3.63) is 17.1 Å². The Bertz CT molecular complexity index is 434. The summed E-state index contributed by atoms with van der Waals surface area (Å²) in [5.41, 5.74) is 2.67. The van der Waals surface area contributed by atoms with Crippen LogP contribution >= 0.6 is 11.8 Å². The number of nitrogens with one attached hydrogen (secondary N) is 1. The molecular formula is C16H27N3S. The van der Waals surface area contributed by atoms with Crippen molar-refractivity contribution in [1.29, 1.82) is 0 Å². The van der Waals surface area contributed by atoms with Crippen LogP contribution in [0.4, 0.5) is 5.82 Å². The van der Waals surface area contributed by atoms with Gasteiger partial charge in [-0.2, -0.15) is 11.8 Å². The summed E-state index contributed by atoms with van der Waals surface area (Å²) in [5, 5.41) is 4.19. The Balaban J connectivity index is 2.15. The fourth-order valence-corrected chi connectivity index (χ4v) is 3.23. The standard InChI is InChI=1S/C16H27N3S/c1-4-10-17-16-13-8-6-7-9-14(13)18-15(19-16)11-20-12(3)5-2/h12H,4-11H2,1-3H3,(H,17,18,19). The van der Waals surface area contributed by atoms with E-state index >= 15 is 0 Å². The lowest BCUT2D eigenvalue weighted by Gasteiger charge is -2.20. The number of fused-ring (bicyclic) bond motifs is 1. The zero-order valence-corrected chi connectivity index (χ0v) is 13.9. The van der Waals surface area contributed by atoms with E-state index in [0.29, 0.717) is 5.25 Å². The Hall–Kier alpha value is -0.770. The zero-order valence-electron chi connectivity index (χ0n) is 13.0. The van der Waals surface area contributed by atoms with Crippen molar-refractivity contribution < 1.29 is 0 Å². The first-order valence-corrected chi connectivity index (χ1v) is 9.03. The predicted molar refractivity (Wildman–Crippen MR) is 88.5 cm³/mol. The average Bonchev–Trinajstić information content (AvgIpc) is 2.50. The van der Waals surface area contributed by atoms with Gasteiger partial charge in [-0.15, -0.1) is 0 Å². The van der Waals surface area contributed by atoms with Crippen molar-refractivity contribution in [2.24, 2.45) is 0 Å². The smallest absolute Gasteiger partial charge is 0.140 e. The molecular weight excluding hydrogens is 266 g/mol. The first-order chi connectivity index (χ1) is 9.74. The molecule has 20 heavy (non-hydrogen) atoms. The van der Waals surface area contributed by atoms with E-state index in [4.69, 9.17) is 9.97 Å². The van der Waals surface area contributed by atoms with Crippen LogP contribution in [0, 0.1) is 0 Å². The summed E-state index contributed by atoms with van der Waals surface area (Å²) in [5.74, 6) is 3.05. The molecule has 0 fully saturated rings. The summed E-state index contributed by atoms with van der Waals surface area (Å²) in [7, 11) is 0. The minimum Gasteiger partial charge on any atom is -0.370 e. The van der Waals surface area contributed by atoms with E-state index in [0.717, 1.165) is 43.2 Å². The van der Waals surface area contributed by atoms with Crippen LogP contribution in [0.2, 0.25) is 0 Å². The highest BCUT2D eigenvalue weighted by molar-refractivity contribution is 7.99. The predicted octanol–water partition coefficient (Wildman–Crippen LogP) is 4.21. The summed E-state index contributed by atoms with van der Waals surface area (Å²) in [6, 6.07) is 0. The molecule has 1 aromatic heterocycles. The third-order valence-corrected chi connectivity index (χ3v) is 5.17. The summed E-state index contributed by atoms with van der Waals surface area (Å²) < 4.78 is 0. The van der Waals surface area contributed by atoms with Gasteiger partial charge in [-0.05, 0) is 38.5 Å². The quantitative estimate of drug-likeness (QED) is 0.817. The first-order valence-electron chi connectivity index (χ1n) is 7.98. The highest BCUT2D eigenvalue weighted by Crippen LogP contribution is 2.27. The summed E-state index contributed by atoms with van der Waals surface area (Å²) >= 11 is 1.96. The molecule has 4 heteroatoms. The van der Waals surface area contributed by atoms with Crippen LogP contribution in [0.25, 0.3) is 0 Å². The van der Waals surface area contributed by atoms with Gasteiger partial charge in [0.1, 0.15) is 11.6 Å². The Morgan fingerprint density at radius 2 is 2.00 bits per heavy atom. The van der Waals surface area contributed by atoms with Crippen molar-refractivity contribution in [2.45, 2.75) is 70.3 Å². The van der Waals surface area contributed by atoms with E-state index in [2.05, 4.69) is 26.1 Å². The molecule has 1 aliphatic rings. The molecule has 2 rings (SSSR count). The minimum absolute atomic E-state index is 0.682. The molecule has 1 heterocycles. The monoisotopic (exact) mass is 293 g/mol. The fraction of sp³-hybridized carbons (Fsp3) is 0.750. The van der Waals surface area contributed by atoms with Gasteiger partial charge in [-0.25, -0.2) is 9.97 Å². The van der Waals surface area contributed by atoms with Crippen molar-refractivity contribution in [3.8, 4) is 0 Å². The van der Waals surface area contributed by atoms with Gasteiger partial charge in [-0.1, -0.05) is 20.8 Å². The second-order valence-electron chi connectivity index (χ2n) is 5.58. The molecule has 0 aromatic carbocycles. The number of aryl methyl sites for hydroxylation is 1. The SMILES string of the molecule is CCCNc1nc(CSC(C)CC)nc2c1CCCC2. The highest BCUT2D eigenvalue weighted by Gasteiger charge is 2.17. The molecule has 1 atom stereocenters. The molecule has 3 nitrogen and oxygen atoms in total. The molecule has 112 valence electrons. The molecule has 1 unspecified atom stereocenters. The minimum atomic E-state index is 0.682. The topological polar surface area (TPSA) is 37.8 Å². The molecule has 1 aromatic rings. The van der Waals surface area contributed by atoms with Crippen molar-refractivity contribution in [2.75, 3.05) is 11.9 Å². The van der Waals surface area contributed by atoms with E-state index in [9.17, 15) is 0 Å².